The molecule has 1 saturated carbocycles. The second-order valence-electron chi connectivity index (χ2n) is 8.77. The highest BCUT2D eigenvalue weighted by Gasteiger charge is 2.48. The van der Waals surface area contributed by atoms with Crippen LogP contribution in [-0.2, 0) is 21.5 Å². The molecular formula is C22H26ClN5O2. The van der Waals surface area contributed by atoms with Gasteiger partial charge in [0.25, 0.3) is 0 Å². The summed E-state index contributed by atoms with van der Waals surface area (Å²) in [6, 6.07) is 7.92. The van der Waals surface area contributed by atoms with E-state index in [-0.39, 0.29) is 17.9 Å². The number of nitrogens with zero attached hydrogens (tertiary/aromatic N) is 5. The molecule has 0 bridgehead atoms. The molecule has 1 aromatic heterocycles. The first kappa shape index (κ1) is 19.5. The van der Waals surface area contributed by atoms with Crippen LogP contribution in [0.3, 0.4) is 0 Å². The minimum Gasteiger partial charge on any atom is -0.337 e. The number of hydrogen-bond donors (Lipinski definition) is 0. The van der Waals surface area contributed by atoms with Gasteiger partial charge in [-0.15, -0.1) is 5.10 Å². The summed E-state index contributed by atoms with van der Waals surface area (Å²) in [6.07, 6.45) is 7.41. The van der Waals surface area contributed by atoms with Crippen molar-refractivity contribution in [1.29, 1.82) is 0 Å². The lowest BCUT2D eigenvalue weighted by Crippen LogP contribution is -2.56. The molecule has 2 saturated heterocycles. The molecule has 30 heavy (non-hydrogen) atoms. The third-order valence-electron chi connectivity index (χ3n) is 6.87. The molecule has 7 nitrogen and oxygen atoms in total. The number of aromatic nitrogens is 3. The molecule has 0 atom stereocenters. The molecule has 2 amide bonds. The summed E-state index contributed by atoms with van der Waals surface area (Å²) in [5, 5.41) is 9.19. The third kappa shape index (κ3) is 3.39. The van der Waals surface area contributed by atoms with Crippen molar-refractivity contribution in [2.75, 3.05) is 19.6 Å². The Morgan fingerprint density at radius 2 is 1.87 bits per heavy atom. The smallest absolute Gasteiger partial charge is 0.233 e. The van der Waals surface area contributed by atoms with Crippen molar-refractivity contribution < 1.29 is 9.59 Å². The minimum absolute atomic E-state index is 0.146. The Morgan fingerprint density at radius 3 is 2.53 bits per heavy atom. The van der Waals surface area contributed by atoms with Crippen LogP contribution in [-0.4, -0.2) is 56.2 Å². The van der Waals surface area contributed by atoms with Gasteiger partial charge in [-0.3, -0.25) is 9.59 Å². The van der Waals surface area contributed by atoms with Crippen LogP contribution in [0, 0.1) is 0 Å². The van der Waals surface area contributed by atoms with E-state index in [0.717, 1.165) is 49.9 Å². The zero-order valence-electron chi connectivity index (χ0n) is 17.0. The van der Waals surface area contributed by atoms with E-state index in [1.54, 1.807) is 0 Å². The van der Waals surface area contributed by atoms with Crippen LogP contribution in [0.1, 0.15) is 55.8 Å². The average molecular weight is 428 g/mol. The molecule has 1 aliphatic carbocycles. The maximum Gasteiger partial charge on any atom is 0.233 e. The first-order valence-corrected chi connectivity index (χ1v) is 11.2. The Hall–Kier alpha value is -2.41. The topological polar surface area (TPSA) is 71.3 Å². The van der Waals surface area contributed by atoms with E-state index in [2.05, 4.69) is 10.3 Å². The van der Waals surface area contributed by atoms with Crippen LogP contribution in [0.5, 0.6) is 0 Å². The molecule has 2 aliphatic heterocycles. The van der Waals surface area contributed by atoms with E-state index in [0.29, 0.717) is 31.1 Å². The van der Waals surface area contributed by atoms with E-state index >= 15 is 0 Å². The predicted octanol–water partition coefficient (Wildman–Crippen LogP) is 2.95. The zero-order chi connectivity index (χ0) is 20.7. The van der Waals surface area contributed by atoms with E-state index in [1.165, 1.54) is 0 Å². The number of amides is 2. The lowest BCUT2D eigenvalue weighted by Gasteiger charge is -2.44. The molecule has 3 fully saturated rings. The molecule has 5 rings (SSSR count). The quantitative estimate of drug-likeness (QED) is 0.735. The Labute approximate surface area is 181 Å². The zero-order valence-corrected chi connectivity index (χ0v) is 17.7. The highest BCUT2D eigenvalue weighted by atomic mass is 35.5. The number of hydrogen-bond acceptors (Lipinski definition) is 4. The van der Waals surface area contributed by atoms with Crippen molar-refractivity contribution in [2.24, 2.45) is 0 Å². The highest BCUT2D eigenvalue weighted by Crippen LogP contribution is 2.44. The lowest BCUT2D eigenvalue weighted by atomic mass is 9.77. The van der Waals surface area contributed by atoms with Crippen LogP contribution in [0.25, 0.3) is 0 Å². The van der Waals surface area contributed by atoms with E-state index in [4.69, 9.17) is 11.6 Å². The molecule has 0 N–H and O–H groups in total. The summed E-state index contributed by atoms with van der Waals surface area (Å²) in [4.78, 5) is 29.1. The van der Waals surface area contributed by atoms with Crippen molar-refractivity contribution >= 4 is 23.4 Å². The largest absolute Gasteiger partial charge is 0.337 e. The van der Waals surface area contributed by atoms with Gasteiger partial charge < -0.3 is 9.80 Å². The minimum atomic E-state index is -0.417. The number of carbonyl (C=O) groups is 2. The summed E-state index contributed by atoms with van der Waals surface area (Å²) in [5.41, 5.74) is 1.47. The SMILES string of the molecule is O=C1CCCN1Cc1cn(C2CN(C(=O)C3(c4ccc(Cl)cc4)CCCC3)C2)nn1. The van der Waals surface area contributed by atoms with Gasteiger partial charge in [-0.1, -0.05) is 41.8 Å². The number of likely N-dealkylation sites (tertiary alicyclic amines) is 2. The monoisotopic (exact) mass is 427 g/mol. The van der Waals surface area contributed by atoms with Crippen molar-refractivity contribution in [1.82, 2.24) is 24.8 Å². The first-order chi connectivity index (χ1) is 14.5. The first-order valence-electron chi connectivity index (χ1n) is 10.8. The van der Waals surface area contributed by atoms with E-state index in [9.17, 15) is 9.59 Å². The van der Waals surface area contributed by atoms with Crippen molar-refractivity contribution in [3.05, 3.63) is 46.7 Å². The lowest BCUT2D eigenvalue weighted by molar-refractivity contribution is -0.143. The summed E-state index contributed by atoms with van der Waals surface area (Å²) in [6.45, 7) is 2.62. The molecule has 3 aliphatic rings. The molecule has 2 aromatic rings. The highest BCUT2D eigenvalue weighted by molar-refractivity contribution is 6.30. The number of carbonyl (C=O) groups excluding carboxylic acids is 2. The normalized spacial score (nSPS) is 21.3. The van der Waals surface area contributed by atoms with Crippen LogP contribution in [0.15, 0.2) is 30.5 Å². The average Bonchev–Trinajstić information content (AvgIpc) is 3.44. The van der Waals surface area contributed by atoms with E-state index < -0.39 is 5.41 Å². The third-order valence-corrected chi connectivity index (χ3v) is 7.12. The Bertz CT molecular complexity index is 945. The molecule has 0 unspecified atom stereocenters. The predicted molar refractivity (Wildman–Crippen MR) is 112 cm³/mol. The molecular weight excluding hydrogens is 402 g/mol. The fraction of sp³-hybridized carbons (Fsp3) is 0.545. The molecule has 1 aromatic carbocycles. The van der Waals surface area contributed by atoms with Crippen molar-refractivity contribution in [3.8, 4) is 0 Å². The molecule has 0 radical (unpaired) electrons. The van der Waals surface area contributed by atoms with Gasteiger partial charge in [-0.05, 0) is 37.0 Å². The van der Waals surface area contributed by atoms with Crippen LogP contribution in [0.2, 0.25) is 5.02 Å². The number of halogens is 1. The molecule has 158 valence electrons. The maximum atomic E-state index is 13.5. The van der Waals surface area contributed by atoms with Gasteiger partial charge in [0, 0.05) is 31.1 Å². The maximum absolute atomic E-state index is 13.5. The van der Waals surface area contributed by atoms with Gasteiger partial charge in [0.2, 0.25) is 11.8 Å². The van der Waals surface area contributed by atoms with Gasteiger partial charge in [0.1, 0.15) is 5.69 Å². The molecule has 3 heterocycles. The van der Waals surface area contributed by atoms with Gasteiger partial charge in [-0.25, -0.2) is 4.68 Å². The fourth-order valence-corrected chi connectivity index (χ4v) is 5.22. The van der Waals surface area contributed by atoms with Crippen molar-refractivity contribution in [2.45, 2.75) is 56.5 Å². The van der Waals surface area contributed by atoms with Crippen LogP contribution in [0.4, 0.5) is 0 Å². The van der Waals surface area contributed by atoms with Crippen LogP contribution < -0.4 is 0 Å². The molecule has 8 heteroatoms. The van der Waals surface area contributed by atoms with Gasteiger partial charge >= 0.3 is 0 Å². The Balaban J connectivity index is 1.24. The molecule has 0 spiro atoms. The second kappa shape index (κ2) is 7.69. The second-order valence-corrected chi connectivity index (χ2v) is 9.21. The van der Waals surface area contributed by atoms with Gasteiger partial charge in [0.05, 0.1) is 24.2 Å². The summed E-state index contributed by atoms with van der Waals surface area (Å²) >= 11 is 6.06. The van der Waals surface area contributed by atoms with E-state index in [1.807, 2.05) is 44.9 Å². The Morgan fingerprint density at radius 1 is 1.13 bits per heavy atom. The summed E-state index contributed by atoms with van der Waals surface area (Å²) in [7, 11) is 0. The summed E-state index contributed by atoms with van der Waals surface area (Å²) < 4.78 is 1.85. The number of rotatable bonds is 5. The van der Waals surface area contributed by atoms with Crippen LogP contribution >= 0.6 is 11.6 Å². The fourth-order valence-electron chi connectivity index (χ4n) is 5.10. The standard InChI is InChI=1S/C22H26ClN5O2/c23-17-7-5-16(6-8-17)22(9-1-2-10-22)21(30)27-14-19(15-27)28-13-18(24-25-28)12-26-11-3-4-20(26)29/h5-8,13,19H,1-4,9-12,14-15H2. The van der Waals surface area contributed by atoms with Gasteiger partial charge in [0.15, 0.2) is 0 Å². The number of benzene rings is 1. The summed E-state index contributed by atoms with van der Waals surface area (Å²) in [5.74, 6) is 0.413. The van der Waals surface area contributed by atoms with Gasteiger partial charge in [-0.2, -0.15) is 0 Å². The Kier molecular flexibility index (Phi) is 5.01. The van der Waals surface area contributed by atoms with Crippen molar-refractivity contribution in [3.63, 3.8) is 0 Å².